The van der Waals surface area contributed by atoms with E-state index < -0.39 is 17.0 Å². The van der Waals surface area contributed by atoms with Gasteiger partial charge in [-0.15, -0.1) is 0 Å². The van der Waals surface area contributed by atoms with Crippen molar-refractivity contribution in [2.75, 3.05) is 7.11 Å². The molecule has 3 aromatic rings. The van der Waals surface area contributed by atoms with E-state index in [9.17, 15) is 19.7 Å². The van der Waals surface area contributed by atoms with Gasteiger partial charge in [-0.25, -0.2) is 9.78 Å². The molecule has 1 atom stereocenters. The van der Waals surface area contributed by atoms with Crippen molar-refractivity contribution < 1.29 is 19.2 Å². The summed E-state index contributed by atoms with van der Waals surface area (Å²) in [5.41, 5.74) is 0.155. The number of carbonyl (C=O) groups is 1. The molecule has 34 heavy (non-hydrogen) atoms. The molecule has 12 heteroatoms. The maximum Gasteiger partial charge on any atom is 0.346 e. The monoisotopic (exact) mass is 594 g/mol. The van der Waals surface area contributed by atoms with E-state index in [0.29, 0.717) is 28.7 Å². The highest BCUT2D eigenvalue weighted by molar-refractivity contribution is 9.10. The standard InChI is InChI=1S/C22H20Br2N4O6/c1-4-5-19-26-17-7-6-14(23)10-15(17)21(29)27(19)25-11-13-8-16(24)20(18(9-13)28(31)32)34-12(2)22(30)33-3/h6-12H,4-5H2,1-3H3/t12-/m1/s1. The molecule has 0 amide bonds. The number of ether oxygens (including phenoxy) is 2. The number of fused-ring (bicyclic) bond motifs is 1. The molecule has 3 rings (SSSR count). The molecule has 0 aliphatic heterocycles. The molecule has 0 saturated carbocycles. The normalized spacial score (nSPS) is 12.1. The maximum absolute atomic E-state index is 13.1. The average molecular weight is 596 g/mol. The Morgan fingerprint density at radius 2 is 2.06 bits per heavy atom. The van der Waals surface area contributed by atoms with Crippen molar-refractivity contribution in [3.63, 3.8) is 0 Å². The molecular weight excluding hydrogens is 576 g/mol. The lowest BCUT2D eigenvalue weighted by Gasteiger charge is -2.14. The Bertz CT molecular complexity index is 1360. The fraction of sp³-hybridized carbons (Fsp3) is 0.273. The molecule has 0 spiro atoms. The molecule has 0 unspecified atom stereocenters. The Hall–Kier alpha value is -3.12. The van der Waals surface area contributed by atoms with E-state index in [-0.39, 0.29) is 21.5 Å². The van der Waals surface area contributed by atoms with Crippen molar-refractivity contribution in [2.45, 2.75) is 32.8 Å². The van der Waals surface area contributed by atoms with Crippen molar-refractivity contribution in [3.05, 3.63) is 71.1 Å². The Morgan fingerprint density at radius 1 is 1.32 bits per heavy atom. The van der Waals surface area contributed by atoms with Crippen LogP contribution in [0.15, 0.2) is 49.2 Å². The average Bonchev–Trinajstić information content (AvgIpc) is 2.80. The van der Waals surface area contributed by atoms with Crippen molar-refractivity contribution in [2.24, 2.45) is 5.10 Å². The first kappa shape index (κ1) is 25.5. The number of nitro benzene ring substituents is 1. The minimum absolute atomic E-state index is 0.124. The fourth-order valence-electron chi connectivity index (χ4n) is 3.14. The second-order valence-electron chi connectivity index (χ2n) is 7.19. The largest absolute Gasteiger partial charge is 0.471 e. The Morgan fingerprint density at radius 3 is 2.71 bits per heavy atom. The van der Waals surface area contributed by atoms with E-state index in [1.807, 2.05) is 6.92 Å². The smallest absolute Gasteiger partial charge is 0.346 e. The van der Waals surface area contributed by atoms with Gasteiger partial charge in [-0.2, -0.15) is 9.78 Å². The quantitative estimate of drug-likeness (QED) is 0.161. The molecule has 1 aromatic heterocycles. The second kappa shape index (κ2) is 10.9. The van der Waals surface area contributed by atoms with Gasteiger partial charge in [-0.3, -0.25) is 14.9 Å². The number of esters is 1. The van der Waals surface area contributed by atoms with E-state index in [0.717, 1.165) is 10.9 Å². The predicted octanol–water partition coefficient (Wildman–Crippen LogP) is 4.60. The number of hydrogen-bond acceptors (Lipinski definition) is 8. The summed E-state index contributed by atoms with van der Waals surface area (Å²) >= 11 is 6.62. The molecule has 0 bridgehead atoms. The second-order valence-corrected chi connectivity index (χ2v) is 8.96. The third-order valence-corrected chi connectivity index (χ3v) is 5.82. The molecule has 10 nitrogen and oxygen atoms in total. The lowest BCUT2D eigenvalue weighted by atomic mass is 10.2. The third-order valence-electron chi connectivity index (χ3n) is 4.74. The summed E-state index contributed by atoms with van der Waals surface area (Å²) < 4.78 is 12.2. The Kier molecular flexibility index (Phi) is 8.15. The van der Waals surface area contributed by atoms with Crippen molar-refractivity contribution in [1.82, 2.24) is 9.66 Å². The number of halogens is 2. The van der Waals surface area contributed by atoms with Crippen LogP contribution < -0.4 is 10.3 Å². The van der Waals surface area contributed by atoms with Crippen LogP contribution in [0.2, 0.25) is 0 Å². The summed E-state index contributed by atoms with van der Waals surface area (Å²) in [5.74, 6) is -0.329. The summed E-state index contributed by atoms with van der Waals surface area (Å²) in [7, 11) is 1.19. The number of carbonyl (C=O) groups excluding carboxylic acids is 1. The van der Waals surface area contributed by atoms with Gasteiger partial charge in [0.1, 0.15) is 5.82 Å². The van der Waals surface area contributed by atoms with Crippen LogP contribution >= 0.6 is 31.9 Å². The van der Waals surface area contributed by atoms with Crippen LogP contribution in [0.25, 0.3) is 10.9 Å². The molecule has 0 aliphatic carbocycles. The maximum atomic E-state index is 13.1. The topological polar surface area (TPSA) is 126 Å². The molecule has 0 radical (unpaired) electrons. The van der Waals surface area contributed by atoms with Gasteiger partial charge < -0.3 is 9.47 Å². The number of aryl methyl sites for hydroxylation is 1. The first-order valence-corrected chi connectivity index (χ1v) is 11.7. The van der Waals surface area contributed by atoms with Crippen LogP contribution in [0.3, 0.4) is 0 Å². The van der Waals surface area contributed by atoms with Gasteiger partial charge in [0.25, 0.3) is 5.56 Å². The zero-order valence-corrected chi connectivity index (χ0v) is 21.6. The van der Waals surface area contributed by atoms with E-state index in [1.165, 1.54) is 37.1 Å². The molecule has 0 fully saturated rings. The van der Waals surface area contributed by atoms with E-state index in [4.69, 9.17) is 4.74 Å². The number of rotatable bonds is 8. The molecule has 2 aromatic carbocycles. The zero-order chi connectivity index (χ0) is 25.0. The van der Waals surface area contributed by atoms with Crippen LogP contribution in [0.4, 0.5) is 5.69 Å². The summed E-state index contributed by atoms with van der Waals surface area (Å²) in [6.45, 7) is 3.38. The Labute approximate surface area is 211 Å². The molecule has 178 valence electrons. The number of nitro groups is 1. The fourth-order valence-corrected chi connectivity index (χ4v) is 4.06. The zero-order valence-electron chi connectivity index (χ0n) is 18.4. The van der Waals surface area contributed by atoms with Crippen molar-refractivity contribution >= 4 is 60.6 Å². The number of methoxy groups -OCH3 is 1. The first-order valence-electron chi connectivity index (χ1n) is 10.1. The van der Waals surface area contributed by atoms with Gasteiger partial charge in [-0.1, -0.05) is 22.9 Å². The van der Waals surface area contributed by atoms with Crippen LogP contribution in [0.5, 0.6) is 5.75 Å². The summed E-state index contributed by atoms with van der Waals surface area (Å²) in [6.07, 6.45) is 1.53. The highest BCUT2D eigenvalue weighted by Gasteiger charge is 2.25. The van der Waals surface area contributed by atoms with Gasteiger partial charge in [0, 0.05) is 22.5 Å². The lowest BCUT2D eigenvalue weighted by Crippen LogP contribution is -2.25. The van der Waals surface area contributed by atoms with Crippen LogP contribution in [-0.2, 0) is 16.0 Å². The van der Waals surface area contributed by atoms with Gasteiger partial charge in [0.05, 0.1) is 33.6 Å². The molecule has 0 aliphatic rings. The van der Waals surface area contributed by atoms with Gasteiger partial charge in [-0.05, 0) is 53.5 Å². The highest BCUT2D eigenvalue weighted by atomic mass is 79.9. The molecule has 0 saturated heterocycles. The summed E-state index contributed by atoms with van der Waals surface area (Å²) in [6, 6.07) is 8.00. The number of aromatic nitrogens is 2. The van der Waals surface area contributed by atoms with E-state index in [1.54, 1.807) is 18.2 Å². The third kappa shape index (κ3) is 5.50. The minimum atomic E-state index is -1.06. The minimum Gasteiger partial charge on any atom is -0.471 e. The van der Waals surface area contributed by atoms with Gasteiger partial charge >= 0.3 is 11.7 Å². The van der Waals surface area contributed by atoms with E-state index in [2.05, 4.69) is 46.7 Å². The van der Waals surface area contributed by atoms with Crippen LogP contribution in [-0.4, -0.2) is 40.0 Å². The van der Waals surface area contributed by atoms with Crippen molar-refractivity contribution in [1.29, 1.82) is 0 Å². The highest BCUT2D eigenvalue weighted by Crippen LogP contribution is 2.37. The van der Waals surface area contributed by atoms with Gasteiger partial charge in [0.15, 0.2) is 6.10 Å². The number of nitrogens with zero attached hydrogens (tertiary/aromatic N) is 4. The lowest BCUT2D eigenvalue weighted by molar-refractivity contribution is -0.386. The van der Waals surface area contributed by atoms with E-state index >= 15 is 0 Å². The molecule has 0 N–H and O–H groups in total. The number of hydrogen-bond donors (Lipinski definition) is 0. The molecule has 1 heterocycles. The van der Waals surface area contributed by atoms with Crippen molar-refractivity contribution in [3.8, 4) is 5.75 Å². The van der Waals surface area contributed by atoms with Crippen LogP contribution in [0.1, 0.15) is 31.7 Å². The summed E-state index contributed by atoms with van der Waals surface area (Å²) in [4.78, 5) is 40.4. The Balaban J connectivity index is 2.08. The summed E-state index contributed by atoms with van der Waals surface area (Å²) in [5, 5.41) is 16.3. The first-order chi connectivity index (χ1) is 16.2. The SMILES string of the molecule is CCCc1nc2ccc(Br)cc2c(=O)n1N=Cc1cc(Br)c(O[C@H](C)C(=O)OC)c([N+](=O)[O-])c1. The van der Waals surface area contributed by atoms with Crippen LogP contribution in [0, 0.1) is 10.1 Å². The predicted molar refractivity (Wildman–Crippen MR) is 134 cm³/mol. The molecular formula is C22H20Br2N4O6. The van der Waals surface area contributed by atoms with Gasteiger partial charge in [0.2, 0.25) is 5.75 Å². The number of benzene rings is 2.